The fraction of sp³-hybridized carbons (Fsp3) is 0.455. The second-order valence-corrected chi connectivity index (χ2v) is 8.25. The van der Waals surface area contributed by atoms with Crippen LogP contribution in [0.3, 0.4) is 0 Å². The first-order valence-electron chi connectivity index (χ1n) is 5.82. The Hall–Kier alpha value is -0.830. The molecular weight excluding hydrogens is 324 g/mol. The van der Waals surface area contributed by atoms with Gasteiger partial charge in [-0.1, -0.05) is 6.07 Å². The standard InChI is InChI=1S/C11H17ClN2O4S2/c1-9-4-5-10(20(17,18)13-2)8-11(9)14-19(15,16)7-3-6-12/h4-5,8,13-14H,3,6-7H2,1-2H3. The van der Waals surface area contributed by atoms with Gasteiger partial charge in [0.05, 0.1) is 16.3 Å². The average molecular weight is 341 g/mol. The normalized spacial score (nSPS) is 12.3. The van der Waals surface area contributed by atoms with Gasteiger partial charge in [-0.05, 0) is 38.1 Å². The van der Waals surface area contributed by atoms with Crippen molar-refractivity contribution in [2.24, 2.45) is 0 Å². The second-order valence-electron chi connectivity index (χ2n) is 4.15. The maximum atomic E-state index is 11.8. The molecule has 0 aliphatic heterocycles. The third kappa shape index (κ3) is 4.62. The second kappa shape index (κ2) is 6.75. The molecule has 0 aliphatic rings. The zero-order chi connectivity index (χ0) is 15.4. The van der Waals surface area contributed by atoms with Crippen LogP contribution in [0.15, 0.2) is 23.1 Å². The maximum absolute atomic E-state index is 11.8. The van der Waals surface area contributed by atoms with Crippen molar-refractivity contribution in [3.8, 4) is 0 Å². The zero-order valence-corrected chi connectivity index (χ0v) is 13.6. The van der Waals surface area contributed by atoms with Crippen molar-refractivity contribution in [1.82, 2.24) is 4.72 Å². The number of benzene rings is 1. The summed E-state index contributed by atoms with van der Waals surface area (Å²) < 4.78 is 51.6. The third-order valence-corrected chi connectivity index (χ3v) is 5.64. The molecule has 2 N–H and O–H groups in total. The Balaban J connectivity index is 3.11. The van der Waals surface area contributed by atoms with Crippen molar-refractivity contribution < 1.29 is 16.8 Å². The third-order valence-electron chi connectivity index (χ3n) is 2.60. The van der Waals surface area contributed by atoms with Gasteiger partial charge in [-0.25, -0.2) is 21.6 Å². The van der Waals surface area contributed by atoms with Crippen molar-refractivity contribution in [2.45, 2.75) is 18.2 Å². The Bertz CT molecular complexity index is 672. The summed E-state index contributed by atoms with van der Waals surface area (Å²) >= 11 is 5.47. The van der Waals surface area contributed by atoms with E-state index in [-0.39, 0.29) is 22.2 Å². The van der Waals surface area contributed by atoms with Crippen molar-refractivity contribution in [1.29, 1.82) is 0 Å². The van der Waals surface area contributed by atoms with Gasteiger partial charge in [-0.3, -0.25) is 4.72 Å². The van der Waals surface area contributed by atoms with E-state index in [4.69, 9.17) is 11.6 Å². The molecule has 0 saturated carbocycles. The van der Waals surface area contributed by atoms with Gasteiger partial charge in [0.2, 0.25) is 20.0 Å². The molecule has 6 nitrogen and oxygen atoms in total. The van der Waals surface area contributed by atoms with E-state index < -0.39 is 20.0 Å². The lowest BCUT2D eigenvalue weighted by atomic mass is 10.2. The van der Waals surface area contributed by atoms with Gasteiger partial charge in [-0.2, -0.15) is 0 Å². The molecule has 1 aromatic carbocycles. The summed E-state index contributed by atoms with van der Waals surface area (Å²) in [6, 6.07) is 4.25. The van der Waals surface area contributed by atoms with Crippen molar-refractivity contribution in [3.05, 3.63) is 23.8 Å². The van der Waals surface area contributed by atoms with E-state index in [2.05, 4.69) is 9.44 Å². The van der Waals surface area contributed by atoms with Crippen LogP contribution in [-0.4, -0.2) is 35.5 Å². The summed E-state index contributed by atoms with van der Waals surface area (Å²) in [5.74, 6) is 0.132. The molecule has 0 heterocycles. The molecule has 0 radical (unpaired) electrons. The number of hydrogen-bond donors (Lipinski definition) is 2. The highest BCUT2D eigenvalue weighted by molar-refractivity contribution is 7.92. The fourth-order valence-corrected chi connectivity index (χ4v) is 3.69. The van der Waals surface area contributed by atoms with Gasteiger partial charge in [-0.15, -0.1) is 11.6 Å². The van der Waals surface area contributed by atoms with Crippen LogP contribution < -0.4 is 9.44 Å². The van der Waals surface area contributed by atoms with Crippen molar-refractivity contribution >= 4 is 37.3 Å². The van der Waals surface area contributed by atoms with Gasteiger partial charge in [0.1, 0.15) is 0 Å². The van der Waals surface area contributed by atoms with Crippen LogP contribution in [0.5, 0.6) is 0 Å². The van der Waals surface area contributed by atoms with E-state index in [1.165, 1.54) is 19.2 Å². The molecule has 9 heteroatoms. The van der Waals surface area contributed by atoms with Crippen molar-refractivity contribution in [3.63, 3.8) is 0 Å². The molecule has 114 valence electrons. The van der Waals surface area contributed by atoms with Crippen LogP contribution >= 0.6 is 11.6 Å². The molecule has 0 spiro atoms. The first-order valence-corrected chi connectivity index (χ1v) is 9.49. The lowest BCUT2D eigenvalue weighted by molar-refractivity contribution is 0.587. The minimum atomic E-state index is -3.62. The Kier molecular flexibility index (Phi) is 5.81. The molecule has 0 fully saturated rings. The molecule has 0 bridgehead atoms. The predicted molar refractivity (Wildman–Crippen MR) is 80.2 cm³/mol. The van der Waals surface area contributed by atoms with Gasteiger partial charge >= 0.3 is 0 Å². The largest absolute Gasteiger partial charge is 0.283 e. The fourth-order valence-electron chi connectivity index (χ4n) is 1.46. The molecule has 0 aliphatic carbocycles. The molecule has 0 amide bonds. The molecule has 0 saturated heterocycles. The number of hydrogen-bond acceptors (Lipinski definition) is 4. The zero-order valence-electron chi connectivity index (χ0n) is 11.2. The Labute approximate surface area is 124 Å². The molecule has 0 atom stereocenters. The maximum Gasteiger partial charge on any atom is 0.240 e. The minimum Gasteiger partial charge on any atom is -0.283 e. The van der Waals surface area contributed by atoms with E-state index in [9.17, 15) is 16.8 Å². The molecule has 1 rings (SSSR count). The molecule has 0 aromatic heterocycles. The number of nitrogens with one attached hydrogen (secondary N) is 2. The smallest absolute Gasteiger partial charge is 0.240 e. The monoisotopic (exact) mass is 340 g/mol. The lowest BCUT2D eigenvalue weighted by Gasteiger charge is -2.12. The molecule has 20 heavy (non-hydrogen) atoms. The van der Waals surface area contributed by atoms with Crippen LogP contribution in [0, 0.1) is 6.92 Å². The summed E-state index contributed by atoms with van der Waals surface area (Å²) in [6.45, 7) is 1.69. The van der Waals surface area contributed by atoms with Crippen LogP contribution in [-0.2, 0) is 20.0 Å². The summed E-state index contributed by atoms with van der Waals surface area (Å²) in [7, 11) is -5.86. The highest BCUT2D eigenvalue weighted by Gasteiger charge is 2.16. The number of rotatable bonds is 7. The summed E-state index contributed by atoms with van der Waals surface area (Å²) in [4.78, 5) is 0.000596. The summed E-state index contributed by atoms with van der Waals surface area (Å²) in [5, 5.41) is 0. The first-order chi connectivity index (χ1) is 9.22. The lowest BCUT2D eigenvalue weighted by Crippen LogP contribution is -2.20. The van der Waals surface area contributed by atoms with Gasteiger partial charge in [0.15, 0.2) is 0 Å². The predicted octanol–water partition coefficient (Wildman–Crippen LogP) is 1.27. The van der Waals surface area contributed by atoms with Crippen molar-refractivity contribution in [2.75, 3.05) is 23.4 Å². The van der Waals surface area contributed by atoms with E-state index in [1.807, 2.05) is 0 Å². The topological polar surface area (TPSA) is 92.3 Å². The van der Waals surface area contributed by atoms with E-state index >= 15 is 0 Å². The first kappa shape index (κ1) is 17.2. The highest BCUT2D eigenvalue weighted by atomic mass is 35.5. The summed E-state index contributed by atoms with van der Waals surface area (Å²) in [6.07, 6.45) is 0.324. The van der Waals surface area contributed by atoms with Crippen LogP contribution in [0.25, 0.3) is 0 Å². The molecule has 1 aromatic rings. The van der Waals surface area contributed by atoms with Gasteiger partial charge in [0, 0.05) is 5.88 Å². The number of halogens is 1. The number of aryl methyl sites for hydroxylation is 1. The van der Waals surface area contributed by atoms with E-state index in [0.717, 1.165) is 0 Å². The SMILES string of the molecule is CNS(=O)(=O)c1ccc(C)c(NS(=O)(=O)CCCCl)c1. The number of sulfonamides is 2. The van der Waals surface area contributed by atoms with Crippen LogP contribution in [0.2, 0.25) is 0 Å². The minimum absolute atomic E-state index is 0.000596. The van der Waals surface area contributed by atoms with E-state index in [1.54, 1.807) is 13.0 Å². The Morgan fingerprint density at radius 2 is 1.85 bits per heavy atom. The van der Waals surface area contributed by atoms with E-state index in [0.29, 0.717) is 12.0 Å². The van der Waals surface area contributed by atoms with Gasteiger partial charge in [0.25, 0.3) is 0 Å². The highest BCUT2D eigenvalue weighted by Crippen LogP contribution is 2.21. The van der Waals surface area contributed by atoms with Crippen LogP contribution in [0.1, 0.15) is 12.0 Å². The average Bonchev–Trinajstić information content (AvgIpc) is 2.38. The Morgan fingerprint density at radius 1 is 1.20 bits per heavy atom. The van der Waals surface area contributed by atoms with Crippen LogP contribution in [0.4, 0.5) is 5.69 Å². The number of anilines is 1. The number of alkyl halides is 1. The molecule has 0 unspecified atom stereocenters. The van der Waals surface area contributed by atoms with Gasteiger partial charge < -0.3 is 0 Å². The molecular formula is C11H17ClN2O4S2. The summed E-state index contributed by atoms with van der Waals surface area (Å²) in [5.41, 5.74) is 0.880. The quantitative estimate of drug-likeness (QED) is 0.731. The Morgan fingerprint density at radius 3 is 2.40 bits per heavy atom.